The maximum absolute atomic E-state index is 11.5. The second-order valence-electron chi connectivity index (χ2n) is 4.85. The van der Waals surface area contributed by atoms with Crippen LogP contribution in [0.5, 0.6) is 5.75 Å². The molecule has 0 spiro atoms. The zero-order chi connectivity index (χ0) is 15.8. The number of carbonyl (C=O) groups is 1. The van der Waals surface area contributed by atoms with Crippen LogP contribution in [0.25, 0.3) is 0 Å². The van der Waals surface area contributed by atoms with Gasteiger partial charge in [0.25, 0.3) is 0 Å². The van der Waals surface area contributed by atoms with Crippen LogP contribution in [-0.2, 0) is 6.61 Å². The zero-order valence-electron chi connectivity index (χ0n) is 12.5. The number of benzene rings is 2. The topological polar surface area (TPSA) is 70.6 Å². The molecule has 0 aromatic heterocycles. The van der Waals surface area contributed by atoms with Gasteiger partial charge < -0.3 is 20.5 Å². The van der Waals surface area contributed by atoms with Crippen LogP contribution < -0.4 is 15.4 Å². The van der Waals surface area contributed by atoms with Gasteiger partial charge in [-0.3, -0.25) is 0 Å². The summed E-state index contributed by atoms with van der Waals surface area (Å²) in [5.41, 5.74) is 2.94. The fourth-order valence-electron chi connectivity index (χ4n) is 1.94. The highest BCUT2D eigenvalue weighted by Crippen LogP contribution is 2.19. The van der Waals surface area contributed by atoms with Gasteiger partial charge in [-0.25, -0.2) is 4.79 Å². The summed E-state index contributed by atoms with van der Waals surface area (Å²) in [5, 5.41) is 13.9. The Bertz CT molecular complexity index is 629. The first-order valence-electron chi connectivity index (χ1n) is 7.12. The highest BCUT2D eigenvalue weighted by Gasteiger charge is 2.03. The van der Waals surface area contributed by atoms with E-state index in [2.05, 4.69) is 10.6 Å². The van der Waals surface area contributed by atoms with E-state index in [1.54, 1.807) is 12.1 Å². The molecule has 0 radical (unpaired) electrons. The van der Waals surface area contributed by atoms with Crippen LogP contribution in [0.3, 0.4) is 0 Å². The van der Waals surface area contributed by atoms with Crippen LogP contribution in [-0.4, -0.2) is 24.3 Å². The Morgan fingerprint density at radius 3 is 2.77 bits per heavy atom. The Balaban J connectivity index is 1.94. The van der Waals surface area contributed by atoms with Crippen LogP contribution in [0.4, 0.5) is 10.5 Å². The first-order valence-corrected chi connectivity index (χ1v) is 7.12. The molecule has 0 aliphatic rings. The average molecular weight is 300 g/mol. The van der Waals surface area contributed by atoms with Crippen molar-refractivity contribution in [1.82, 2.24) is 5.32 Å². The number of hydrogen-bond donors (Lipinski definition) is 3. The van der Waals surface area contributed by atoms with Crippen LogP contribution in [0.15, 0.2) is 48.5 Å². The third kappa shape index (κ3) is 4.79. The minimum absolute atomic E-state index is 0.0903. The van der Waals surface area contributed by atoms with Gasteiger partial charge in [-0.2, -0.15) is 0 Å². The lowest BCUT2D eigenvalue weighted by Crippen LogP contribution is -2.30. The number of aliphatic hydroxyl groups excluding tert-OH is 1. The maximum Gasteiger partial charge on any atom is 0.319 e. The largest absolute Gasteiger partial charge is 0.489 e. The Morgan fingerprint density at radius 2 is 2.00 bits per heavy atom. The minimum Gasteiger partial charge on any atom is -0.489 e. The van der Waals surface area contributed by atoms with E-state index in [4.69, 9.17) is 9.84 Å². The predicted octanol–water partition coefficient (Wildman–Crippen LogP) is 2.69. The molecule has 2 rings (SSSR count). The number of carbonyl (C=O) groups excluding carboxylic acids is 1. The van der Waals surface area contributed by atoms with Crippen molar-refractivity contribution in [2.45, 2.75) is 13.5 Å². The van der Waals surface area contributed by atoms with E-state index in [0.29, 0.717) is 18.0 Å². The quantitative estimate of drug-likeness (QED) is 0.768. The molecule has 2 aromatic carbocycles. The molecular weight excluding hydrogens is 280 g/mol. The summed E-state index contributed by atoms with van der Waals surface area (Å²) in [7, 11) is 0. The molecule has 22 heavy (non-hydrogen) atoms. The molecule has 3 N–H and O–H groups in total. The third-order valence-corrected chi connectivity index (χ3v) is 3.14. The zero-order valence-corrected chi connectivity index (χ0v) is 12.5. The van der Waals surface area contributed by atoms with Crippen molar-refractivity contribution in [2.24, 2.45) is 0 Å². The SMILES string of the molecule is Cc1ccccc1COc1cccc(NC(=O)NCCO)c1. The molecule has 0 saturated heterocycles. The van der Waals surface area contributed by atoms with Gasteiger partial charge in [0.1, 0.15) is 12.4 Å². The molecule has 5 nitrogen and oxygen atoms in total. The Kier molecular flexibility index (Phi) is 5.80. The Hall–Kier alpha value is -2.53. The fourth-order valence-corrected chi connectivity index (χ4v) is 1.94. The normalized spacial score (nSPS) is 10.1. The molecule has 0 bridgehead atoms. The van der Waals surface area contributed by atoms with E-state index in [-0.39, 0.29) is 19.2 Å². The van der Waals surface area contributed by atoms with Crippen molar-refractivity contribution in [3.63, 3.8) is 0 Å². The van der Waals surface area contributed by atoms with Gasteiger partial charge in [-0.05, 0) is 30.2 Å². The number of anilines is 1. The molecule has 0 heterocycles. The highest BCUT2D eigenvalue weighted by molar-refractivity contribution is 5.89. The van der Waals surface area contributed by atoms with E-state index in [9.17, 15) is 4.79 Å². The lowest BCUT2D eigenvalue weighted by atomic mass is 10.1. The number of ether oxygens (including phenoxy) is 1. The van der Waals surface area contributed by atoms with E-state index < -0.39 is 0 Å². The molecule has 0 atom stereocenters. The van der Waals surface area contributed by atoms with Crippen LogP contribution >= 0.6 is 0 Å². The summed E-state index contributed by atoms with van der Waals surface area (Å²) in [6.45, 7) is 2.65. The van der Waals surface area contributed by atoms with Gasteiger partial charge in [0.15, 0.2) is 0 Å². The lowest BCUT2D eigenvalue weighted by molar-refractivity contribution is 0.245. The van der Waals surface area contributed by atoms with Crippen molar-refractivity contribution in [2.75, 3.05) is 18.5 Å². The van der Waals surface area contributed by atoms with E-state index in [1.165, 1.54) is 5.56 Å². The van der Waals surface area contributed by atoms with Gasteiger partial charge in [-0.1, -0.05) is 30.3 Å². The van der Waals surface area contributed by atoms with Gasteiger partial charge in [0.2, 0.25) is 0 Å². The average Bonchev–Trinajstić information content (AvgIpc) is 2.52. The number of aliphatic hydroxyl groups is 1. The molecule has 0 aliphatic carbocycles. The summed E-state index contributed by atoms with van der Waals surface area (Å²) < 4.78 is 5.76. The summed E-state index contributed by atoms with van der Waals surface area (Å²) >= 11 is 0. The first-order chi connectivity index (χ1) is 10.7. The minimum atomic E-state index is -0.356. The van der Waals surface area contributed by atoms with Crippen molar-refractivity contribution in [1.29, 1.82) is 0 Å². The number of urea groups is 1. The summed E-state index contributed by atoms with van der Waals surface area (Å²) in [6, 6.07) is 14.9. The number of rotatable bonds is 6. The molecule has 0 fully saturated rings. The molecule has 116 valence electrons. The van der Waals surface area contributed by atoms with E-state index in [0.717, 1.165) is 5.56 Å². The number of aryl methyl sites for hydroxylation is 1. The molecular formula is C17H20N2O3. The van der Waals surface area contributed by atoms with Gasteiger partial charge >= 0.3 is 6.03 Å². The summed E-state index contributed by atoms with van der Waals surface area (Å²) in [4.78, 5) is 11.5. The van der Waals surface area contributed by atoms with Crippen LogP contribution in [0, 0.1) is 6.92 Å². The van der Waals surface area contributed by atoms with Gasteiger partial charge in [-0.15, -0.1) is 0 Å². The molecule has 2 amide bonds. The second kappa shape index (κ2) is 8.05. The maximum atomic E-state index is 11.5. The number of hydrogen-bond acceptors (Lipinski definition) is 3. The molecule has 0 unspecified atom stereocenters. The van der Waals surface area contributed by atoms with Crippen molar-refractivity contribution >= 4 is 11.7 Å². The number of amides is 2. The van der Waals surface area contributed by atoms with Gasteiger partial charge in [0, 0.05) is 18.3 Å². The second-order valence-corrected chi connectivity index (χ2v) is 4.85. The van der Waals surface area contributed by atoms with Crippen LogP contribution in [0.1, 0.15) is 11.1 Å². The van der Waals surface area contributed by atoms with E-state index in [1.807, 2.05) is 43.3 Å². The number of nitrogens with one attached hydrogen (secondary N) is 2. The van der Waals surface area contributed by atoms with Crippen molar-refractivity contribution in [3.8, 4) is 5.75 Å². The lowest BCUT2D eigenvalue weighted by Gasteiger charge is -2.11. The highest BCUT2D eigenvalue weighted by atomic mass is 16.5. The smallest absolute Gasteiger partial charge is 0.319 e. The standard InChI is InChI=1S/C17H20N2O3/c1-13-5-2-3-6-14(13)12-22-16-8-4-7-15(11-16)19-17(21)18-9-10-20/h2-8,11,20H,9-10,12H2,1H3,(H2,18,19,21). The van der Waals surface area contributed by atoms with Crippen molar-refractivity contribution < 1.29 is 14.6 Å². The monoisotopic (exact) mass is 300 g/mol. The molecule has 2 aromatic rings. The van der Waals surface area contributed by atoms with Crippen LogP contribution in [0.2, 0.25) is 0 Å². The Labute approximate surface area is 129 Å². The molecule has 5 heteroatoms. The molecule has 0 saturated carbocycles. The predicted molar refractivity (Wildman–Crippen MR) is 86.1 cm³/mol. The fraction of sp³-hybridized carbons (Fsp3) is 0.235. The van der Waals surface area contributed by atoms with Gasteiger partial charge in [0.05, 0.1) is 6.61 Å². The molecule has 0 aliphatic heterocycles. The first kappa shape index (κ1) is 15.9. The summed E-state index contributed by atoms with van der Waals surface area (Å²) in [5.74, 6) is 0.684. The van der Waals surface area contributed by atoms with E-state index >= 15 is 0 Å². The third-order valence-electron chi connectivity index (χ3n) is 3.14. The summed E-state index contributed by atoms with van der Waals surface area (Å²) in [6.07, 6.45) is 0. The van der Waals surface area contributed by atoms with Crippen molar-refractivity contribution in [3.05, 3.63) is 59.7 Å². The Morgan fingerprint density at radius 1 is 1.18 bits per heavy atom.